The molecule has 1 aromatic heterocycles. The molecule has 10 heteroatoms. The summed E-state index contributed by atoms with van der Waals surface area (Å²) in [5.41, 5.74) is 2.19. The van der Waals surface area contributed by atoms with Gasteiger partial charge in [-0.2, -0.15) is 0 Å². The number of nitrogens with one attached hydrogen (secondary N) is 2. The highest BCUT2D eigenvalue weighted by Gasteiger charge is 2.26. The third-order valence-corrected chi connectivity index (χ3v) is 6.93. The van der Waals surface area contributed by atoms with Crippen LogP contribution in [0.2, 0.25) is 10.0 Å². The Morgan fingerprint density at radius 2 is 1.82 bits per heavy atom. The molecular formula is C24H27Cl2N5O2S. The number of aryl methyl sites for hydroxylation is 1. The van der Waals surface area contributed by atoms with Gasteiger partial charge in [-0.25, -0.2) is 0 Å². The number of hydrogen-bond donors (Lipinski definition) is 2. The lowest BCUT2D eigenvalue weighted by Crippen LogP contribution is -2.33. The zero-order valence-corrected chi connectivity index (χ0v) is 21.8. The van der Waals surface area contributed by atoms with Crippen LogP contribution in [0.15, 0.2) is 47.6 Å². The van der Waals surface area contributed by atoms with Gasteiger partial charge >= 0.3 is 0 Å². The molecular weight excluding hydrogens is 493 g/mol. The van der Waals surface area contributed by atoms with Crippen molar-refractivity contribution < 1.29 is 9.59 Å². The fraction of sp³-hybridized carbons (Fsp3) is 0.333. The summed E-state index contributed by atoms with van der Waals surface area (Å²) in [5, 5.41) is 15.9. The van der Waals surface area contributed by atoms with E-state index in [-0.39, 0.29) is 29.5 Å². The van der Waals surface area contributed by atoms with Gasteiger partial charge in [0.1, 0.15) is 0 Å². The fourth-order valence-corrected chi connectivity index (χ4v) is 4.46. The van der Waals surface area contributed by atoms with Crippen LogP contribution in [0.5, 0.6) is 0 Å². The van der Waals surface area contributed by atoms with E-state index >= 15 is 0 Å². The molecule has 1 heterocycles. The molecule has 0 spiro atoms. The fourth-order valence-electron chi connectivity index (χ4n) is 3.35. The SMILES string of the molecule is CCn1c(SCC(=O)Nc2ccccc2C)nnc1[C@H](NC(=O)c1ccc(Cl)c(Cl)c1)C(C)C. The van der Waals surface area contributed by atoms with E-state index in [0.29, 0.717) is 33.1 Å². The Morgan fingerprint density at radius 1 is 1.09 bits per heavy atom. The van der Waals surface area contributed by atoms with Crippen LogP contribution in [0.3, 0.4) is 0 Å². The molecule has 2 N–H and O–H groups in total. The van der Waals surface area contributed by atoms with Gasteiger partial charge in [0.2, 0.25) is 5.91 Å². The predicted molar refractivity (Wildman–Crippen MR) is 138 cm³/mol. The molecule has 34 heavy (non-hydrogen) atoms. The average molecular weight is 520 g/mol. The minimum atomic E-state index is -0.385. The summed E-state index contributed by atoms with van der Waals surface area (Å²) in [4.78, 5) is 25.4. The lowest BCUT2D eigenvalue weighted by atomic mass is 10.0. The van der Waals surface area contributed by atoms with E-state index in [4.69, 9.17) is 23.2 Å². The summed E-state index contributed by atoms with van der Waals surface area (Å²) in [6, 6.07) is 12.0. The summed E-state index contributed by atoms with van der Waals surface area (Å²) in [6.07, 6.45) is 0. The molecule has 180 valence electrons. The molecule has 0 unspecified atom stereocenters. The first-order valence-corrected chi connectivity index (χ1v) is 12.6. The first-order valence-electron chi connectivity index (χ1n) is 10.9. The summed E-state index contributed by atoms with van der Waals surface area (Å²) >= 11 is 13.3. The number of para-hydroxylation sites is 1. The van der Waals surface area contributed by atoms with Gasteiger partial charge in [-0.05, 0) is 49.6 Å². The van der Waals surface area contributed by atoms with E-state index in [2.05, 4.69) is 20.8 Å². The number of halogens is 2. The average Bonchev–Trinajstić information content (AvgIpc) is 3.21. The van der Waals surface area contributed by atoms with E-state index in [9.17, 15) is 9.59 Å². The number of hydrogen-bond acceptors (Lipinski definition) is 5. The third-order valence-electron chi connectivity index (χ3n) is 5.23. The number of rotatable bonds is 9. The maximum atomic E-state index is 12.9. The Balaban J connectivity index is 1.73. The van der Waals surface area contributed by atoms with E-state index in [1.807, 2.05) is 56.5 Å². The van der Waals surface area contributed by atoms with Crippen molar-refractivity contribution in [3.05, 3.63) is 69.5 Å². The van der Waals surface area contributed by atoms with Crippen molar-refractivity contribution in [2.45, 2.75) is 45.4 Å². The molecule has 0 aliphatic heterocycles. The van der Waals surface area contributed by atoms with Gasteiger partial charge in [0.25, 0.3) is 5.91 Å². The molecule has 3 rings (SSSR count). The second-order valence-electron chi connectivity index (χ2n) is 8.06. The van der Waals surface area contributed by atoms with Crippen molar-refractivity contribution in [2.24, 2.45) is 5.92 Å². The molecule has 0 aliphatic carbocycles. The first kappa shape index (κ1) is 26.1. The van der Waals surface area contributed by atoms with Gasteiger partial charge < -0.3 is 15.2 Å². The Bertz CT molecular complexity index is 1180. The van der Waals surface area contributed by atoms with Gasteiger partial charge in [-0.1, -0.05) is 67.0 Å². The molecule has 0 saturated heterocycles. The van der Waals surface area contributed by atoms with Crippen LogP contribution in [0.25, 0.3) is 0 Å². The molecule has 0 radical (unpaired) electrons. The summed E-state index contributed by atoms with van der Waals surface area (Å²) in [6.45, 7) is 8.51. The summed E-state index contributed by atoms with van der Waals surface area (Å²) < 4.78 is 1.92. The lowest BCUT2D eigenvalue weighted by molar-refractivity contribution is -0.113. The van der Waals surface area contributed by atoms with Gasteiger partial charge in [-0.3, -0.25) is 9.59 Å². The zero-order valence-electron chi connectivity index (χ0n) is 19.4. The standard InChI is InChI=1S/C24H27Cl2N5O2S/c1-5-31-22(21(14(2)3)28-23(33)16-10-11-17(25)18(26)12-16)29-30-24(31)34-13-20(32)27-19-9-7-6-8-15(19)4/h6-12,14,21H,5,13H2,1-4H3,(H,27,32)(H,28,33)/t21-/m1/s1. The van der Waals surface area contributed by atoms with Crippen molar-refractivity contribution in [2.75, 3.05) is 11.1 Å². The minimum absolute atomic E-state index is 0.0448. The molecule has 0 aliphatic rings. The normalized spacial score (nSPS) is 12.0. The van der Waals surface area contributed by atoms with Crippen molar-refractivity contribution in [1.82, 2.24) is 20.1 Å². The smallest absolute Gasteiger partial charge is 0.251 e. The van der Waals surface area contributed by atoms with Gasteiger partial charge in [0, 0.05) is 17.8 Å². The maximum Gasteiger partial charge on any atom is 0.251 e. The Kier molecular flexibility index (Phi) is 8.99. The lowest BCUT2D eigenvalue weighted by Gasteiger charge is -2.22. The predicted octanol–water partition coefficient (Wildman–Crippen LogP) is 5.77. The number of carbonyl (C=O) groups is 2. The van der Waals surface area contributed by atoms with E-state index < -0.39 is 0 Å². The van der Waals surface area contributed by atoms with Gasteiger partial charge in [0.15, 0.2) is 11.0 Å². The zero-order chi connectivity index (χ0) is 24.8. The maximum absolute atomic E-state index is 12.9. The third kappa shape index (κ3) is 6.31. The quantitative estimate of drug-likeness (QED) is 0.350. The number of benzene rings is 2. The highest BCUT2D eigenvalue weighted by atomic mass is 35.5. The molecule has 0 saturated carbocycles. The number of amides is 2. The molecule has 2 amide bonds. The highest BCUT2D eigenvalue weighted by molar-refractivity contribution is 7.99. The number of thioether (sulfide) groups is 1. The summed E-state index contributed by atoms with van der Waals surface area (Å²) in [7, 11) is 0. The van der Waals surface area contributed by atoms with Gasteiger partial charge in [-0.15, -0.1) is 10.2 Å². The molecule has 0 fully saturated rings. The monoisotopic (exact) mass is 519 g/mol. The van der Waals surface area contributed by atoms with E-state index in [0.717, 1.165) is 11.3 Å². The van der Waals surface area contributed by atoms with Crippen LogP contribution in [0.4, 0.5) is 5.69 Å². The topological polar surface area (TPSA) is 88.9 Å². The minimum Gasteiger partial charge on any atom is -0.342 e. The largest absolute Gasteiger partial charge is 0.342 e. The number of carbonyl (C=O) groups excluding carboxylic acids is 2. The van der Waals surface area contributed by atoms with Crippen molar-refractivity contribution >= 4 is 52.5 Å². The molecule has 0 bridgehead atoms. The molecule has 2 aromatic carbocycles. The second-order valence-corrected chi connectivity index (χ2v) is 9.82. The van der Waals surface area contributed by atoms with Crippen LogP contribution in [-0.2, 0) is 11.3 Å². The van der Waals surface area contributed by atoms with Crippen LogP contribution in [-0.4, -0.2) is 32.3 Å². The van der Waals surface area contributed by atoms with Crippen LogP contribution in [0.1, 0.15) is 48.6 Å². The second kappa shape index (κ2) is 11.7. The van der Waals surface area contributed by atoms with Crippen LogP contribution < -0.4 is 10.6 Å². The number of aromatic nitrogens is 3. The number of anilines is 1. The number of nitrogens with zero attached hydrogens (tertiary/aromatic N) is 3. The van der Waals surface area contributed by atoms with Crippen molar-refractivity contribution in [1.29, 1.82) is 0 Å². The molecule has 7 nitrogen and oxygen atoms in total. The summed E-state index contributed by atoms with van der Waals surface area (Å²) in [5.74, 6) is 0.458. The molecule has 1 atom stereocenters. The Hall–Kier alpha value is -2.55. The first-order chi connectivity index (χ1) is 16.2. The Morgan fingerprint density at radius 3 is 2.47 bits per heavy atom. The molecule has 3 aromatic rings. The van der Waals surface area contributed by atoms with Gasteiger partial charge in [0.05, 0.1) is 21.8 Å². The highest BCUT2D eigenvalue weighted by Crippen LogP contribution is 2.27. The van der Waals surface area contributed by atoms with E-state index in [1.165, 1.54) is 17.8 Å². The Labute approximate surface area is 213 Å². The van der Waals surface area contributed by atoms with Crippen molar-refractivity contribution in [3.8, 4) is 0 Å². The van der Waals surface area contributed by atoms with E-state index in [1.54, 1.807) is 12.1 Å². The van der Waals surface area contributed by atoms with Crippen molar-refractivity contribution in [3.63, 3.8) is 0 Å². The van der Waals surface area contributed by atoms with Crippen LogP contribution >= 0.6 is 35.0 Å². The van der Waals surface area contributed by atoms with Crippen LogP contribution in [0, 0.1) is 12.8 Å².